The standard InChI is InChI=1S/C11H13FO3/c1-2-15-11(14)7-10(13)8-3-5-9(12)6-4-8/h3-6,10,13H,2,7H2,1H3/t10-/m1/s1. The first-order valence-electron chi connectivity index (χ1n) is 4.72. The quantitative estimate of drug-likeness (QED) is 0.774. The zero-order chi connectivity index (χ0) is 11.3. The van der Waals surface area contributed by atoms with Gasteiger partial charge in [-0.2, -0.15) is 0 Å². The molecule has 0 aliphatic heterocycles. The van der Waals surface area contributed by atoms with E-state index in [4.69, 9.17) is 0 Å². The molecule has 0 aliphatic rings. The molecule has 0 unspecified atom stereocenters. The summed E-state index contributed by atoms with van der Waals surface area (Å²) in [4.78, 5) is 11.0. The van der Waals surface area contributed by atoms with Crippen LogP contribution >= 0.6 is 0 Å². The summed E-state index contributed by atoms with van der Waals surface area (Å²) in [5.41, 5.74) is 0.504. The van der Waals surface area contributed by atoms with Crippen LogP contribution in [0.2, 0.25) is 0 Å². The minimum atomic E-state index is -0.940. The SMILES string of the molecule is CCOC(=O)C[C@@H](O)c1ccc(F)cc1. The van der Waals surface area contributed by atoms with E-state index >= 15 is 0 Å². The van der Waals surface area contributed by atoms with Crippen molar-refractivity contribution in [2.24, 2.45) is 0 Å². The van der Waals surface area contributed by atoms with E-state index < -0.39 is 12.1 Å². The van der Waals surface area contributed by atoms with E-state index in [0.717, 1.165) is 0 Å². The van der Waals surface area contributed by atoms with Crippen molar-refractivity contribution in [1.82, 2.24) is 0 Å². The molecule has 0 bridgehead atoms. The van der Waals surface area contributed by atoms with Crippen LogP contribution in [-0.4, -0.2) is 17.7 Å². The van der Waals surface area contributed by atoms with E-state index in [0.29, 0.717) is 5.56 Å². The van der Waals surface area contributed by atoms with Gasteiger partial charge in [0, 0.05) is 0 Å². The zero-order valence-electron chi connectivity index (χ0n) is 8.44. The van der Waals surface area contributed by atoms with Gasteiger partial charge in [0.2, 0.25) is 0 Å². The van der Waals surface area contributed by atoms with Crippen LogP contribution in [0.5, 0.6) is 0 Å². The number of halogens is 1. The predicted octanol–water partition coefficient (Wildman–Crippen LogP) is 1.81. The maximum Gasteiger partial charge on any atom is 0.308 e. The Morgan fingerprint density at radius 3 is 2.60 bits per heavy atom. The van der Waals surface area contributed by atoms with Crippen LogP contribution in [0.25, 0.3) is 0 Å². The lowest BCUT2D eigenvalue weighted by Crippen LogP contribution is -2.09. The number of aliphatic hydroxyl groups is 1. The maximum atomic E-state index is 12.6. The molecule has 1 atom stereocenters. The van der Waals surface area contributed by atoms with E-state index in [-0.39, 0.29) is 18.8 Å². The minimum absolute atomic E-state index is 0.112. The zero-order valence-corrected chi connectivity index (χ0v) is 8.44. The third-order valence-electron chi connectivity index (χ3n) is 1.92. The van der Waals surface area contributed by atoms with E-state index in [2.05, 4.69) is 4.74 Å². The van der Waals surface area contributed by atoms with Gasteiger partial charge in [-0.15, -0.1) is 0 Å². The smallest absolute Gasteiger partial charge is 0.308 e. The molecule has 0 heterocycles. The monoisotopic (exact) mass is 212 g/mol. The summed E-state index contributed by atoms with van der Waals surface area (Å²) < 4.78 is 17.2. The van der Waals surface area contributed by atoms with Crippen LogP contribution < -0.4 is 0 Å². The highest BCUT2D eigenvalue weighted by atomic mass is 19.1. The van der Waals surface area contributed by atoms with Crippen molar-refractivity contribution in [3.05, 3.63) is 35.6 Å². The number of rotatable bonds is 4. The molecule has 0 aliphatic carbocycles. The lowest BCUT2D eigenvalue weighted by Gasteiger charge is -2.09. The van der Waals surface area contributed by atoms with Gasteiger partial charge in [0.1, 0.15) is 5.82 Å². The van der Waals surface area contributed by atoms with Crippen molar-refractivity contribution in [3.8, 4) is 0 Å². The third kappa shape index (κ3) is 3.67. The lowest BCUT2D eigenvalue weighted by molar-refractivity contribution is -0.145. The van der Waals surface area contributed by atoms with E-state index in [1.807, 2.05) is 0 Å². The molecule has 15 heavy (non-hydrogen) atoms. The molecule has 0 amide bonds. The van der Waals surface area contributed by atoms with Crippen LogP contribution in [0.15, 0.2) is 24.3 Å². The van der Waals surface area contributed by atoms with Crippen molar-refractivity contribution < 1.29 is 19.0 Å². The molecule has 1 N–H and O–H groups in total. The molecule has 0 aromatic heterocycles. The highest BCUT2D eigenvalue weighted by molar-refractivity contribution is 5.70. The second-order valence-electron chi connectivity index (χ2n) is 3.08. The Hall–Kier alpha value is -1.42. The summed E-state index contributed by atoms with van der Waals surface area (Å²) >= 11 is 0. The van der Waals surface area contributed by atoms with E-state index in [1.165, 1.54) is 24.3 Å². The number of hydrogen-bond donors (Lipinski definition) is 1. The van der Waals surface area contributed by atoms with Gasteiger partial charge >= 0.3 is 5.97 Å². The Morgan fingerprint density at radius 2 is 2.07 bits per heavy atom. The van der Waals surface area contributed by atoms with Crippen LogP contribution in [0.3, 0.4) is 0 Å². The molecule has 82 valence electrons. The summed E-state index contributed by atoms with van der Waals surface area (Å²) in [6.45, 7) is 1.98. The van der Waals surface area contributed by atoms with Crippen molar-refractivity contribution in [3.63, 3.8) is 0 Å². The van der Waals surface area contributed by atoms with E-state index in [9.17, 15) is 14.3 Å². The first-order chi connectivity index (χ1) is 7.13. The number of aliphatic hydroxyl groups excluding tert-OH is 1. The largest absolute Gasteiger partial charge is 0.466 e. The molecule has 1 aromatic carbocycles. The summed E-state index contributed by atoms with van der Waals surface area (Å²) in [6, 6.07) is 5.37. The fraction of sp³-hybridized carbons (Fsp3) is 0.364. The number of hydrogen-bond acceptors (Lipinski definition) is 3. The molecule has 4 heteroatoms. The molecule has 1 aromatic rings. The topological polar surface area (TPSA) is 46.5 Å². The second-order valence-corrected chi connectivity index (χ2v) is 3.08. The van der Waals surface area contributed by atoms with Crippen molar-refractivity contribution >= 4 is 5.97 Å². The molecule has 0 fully saturated rings. The Balaban J connectivity index is 2.57. The van der Waals surface area contributed by atoms with Gasteiger partial charge < -0.3 is 9.84 Å². The summed E-state index contributed by atoms with van der Waals surface area (Å²) in [5.74, 6) is -0.837. The van der Waals surface area contributed by atoms with Gasteiger partial charge in [-0.05, 0) is 24.6 Å². The van der Waals surface area contributed by atoms with Gasteiger partial charge in [0.15, 0.2) is 0 Å². The Morgan fingerprint density at radius 1 is 1.47 bits per heavy atom. The van der Waals surface area contributed by atoms with Gasteiger partial charge in [-0.3, -0.25) is 4.79 Å². The third-order valence-corrected chi connectivity index (χ3v) is 1.92. The molecule has 0 spiro atoms. The number of ether oxygens (including phenoxy) is 1. The summed E-state index contributed by atoms with van der Waals surface area (Å²) in [5, 5.41) is 9.59. The fourth-order valence-corrected chi connectivity index (χ4v) is 1.18. The molecular weight excluding hydrogens is 199 g/mol. The fourth-order valence-electron chi connectivity index (χ4n) is 1.18. The van der Waals surface area contributed by atoms with Gasteiger partial charge in [0.25, 0.3) is 0 Å². The lowest BCUT2D eigenvalue weighted by atomic mass is 10.1. The molecule has 0 saturated carbocycles. The molecule has 1 rings (SSSR count). The van der Waals surface area contributed by atoms with E-state index in [1.54, 1.807) is 6.92 Å². The van der Waals surface area contributed by atoms with Gasteiger partial charge in [-0.25, -0.2) is 4.39 Å². The minimum Gasteiger partial charge on any atom is -0.466 e. The highest BCUT2D eigenvalue weighted by Gasteiger charge is 2.13. The van der Waals surface area contributed by atoms with Crippen LogP contribution in [0.4, 0.5) is 4.39 Å². The van der Waals surface area contributed by atoms with Crippen LogP contribution in [-0.2, 0) is 9.53 Å². The normalized spacial score (nSPS) is 12.2. The van der Waals surface area contributed by atoms with Crippen molar-refractivity contribution in [1.29, 1.82) is 0 Å². The highest BCUT2D eigenvalue weighted by Crippen LogP contribution is 2.17. The average Bonchev–Trinajstić information content (AvgIpc) is 2.18. The number of benzene rings is 1. The van der Waals surface area contributed by atoms with Crippen molar-refractivity contribution in [2.45, 2.75) is 19.4 Å². The number of esters is 1. The predicted molar refractivity (Wildman–Crippen MR) is 52.6 cm³/mol. The Kier molecular flexibility index (Phi) is 4.24. The first-order valence-corrected chi connectivity index (χ1v) is 4.72. The average molecular weight is 212 g/mol. The Bertz CT molecular complexity index is 321. The molecular formula is C11H13FO3. The summed E-state index contributed by atoms with van der Waals surface area (Å²) in [6.07, 6.45) is -1.05. The molecule has 3 nitrogen and oxygen atoms in total. The van der Waals surface area contributed by atoms with Crippen LogP contribution in [0, 0.1) is 5.82 Å². The molecule has 0 radical (unpaired) electrons. The summed E-state index contributed by atoms with van der Waals surface area (Å²) in [7, 11) is 0. The van der Waals surface area contributed by atoms with Gasteiger partial charge in [0.05, 0.1) is 19.1 Å². The first kappa shape index (κ1) is 11.7. The van der Waals surface area contributed by atoms with Crippen molar-refractivity contribution in [2.75, 3.05) is 6.61 Å². The Labute approximate surface area is 87.5 Å². The maximum absolute atomic E-state index is 12.6. The number of carbonyl (C=O) groups excluding carboxylic acids is 1. The number of carbonyl (C=O) groups is 1. The molecule has 0 saturated heterocycles. The van der Waals surface area contributed by atoms with Gasteiger partial charge in [-0.1, -0.05) is 12.1 Å². The van der Waals surface area contributed by atoms with Crippen LogP contribution in [0.1, 0.15) is 25.0 Å². The second kappa shape index (κ2) is 5.46.